The van der Waals surface area contributed by atoms with Crippen LogP contribution in [0.5, 0.6) is 0 Å². The number of carboxylic acids is 1. The van der Waals surface area contributed by atoms with E-state index in [-0.39, 0.29) is 15.7 Å². The van der Waals surface area contributed by atoms with Crippen molar-refractivity contribution in [3.63, 3.8) is 0 Å². The van der Waals surface area contributed by atoms with Gasteiger partial charge in [0.05, 0.1) is 9.80 Å². The smallest absolute Gasteiger partial charge is 0.408 e. The SMILES string of the molecule is CC(C)[C@H](NC(=O)OCC1=Cc2ccc3ccccc3c2S1(=O)=O)C(=O)O. The molecule has 7 nitrogen and oxygen atoms in total. The van der Waals surface area contributed by atoms with Crippen LogP contribution in [0.4, 0.5) is 4.79 Å². The third kappa shape index (κ3) is 3.52. The summed E-state index contributed by atoms with van der Waals surface area (Å²) in [6.07, 6.45) is 0.495. The number of aliphatic carboxylic acids is 1. The van der Waals surface area contributed by atoms with E-state index < -0.39 is 34.5 Å². The number of benzene rings is 2. The van der Waals surface area contributed by atoms with Gasteiger partial charge in [-0.1, -0.05) is 50.2 Å². The number of amides is 1. The normalized spacial score (nSPS) is 15.9. The van der Waals surface area contributed by atoms with Crippen LogP contribution < -0.4 is 5.32 Å². The minimum atomic E-state index is -3.79. The van der Waals surface area contributed by atoms with Crippen LogP contribution in [0.3, 0.4) is 0 Å². The molecule has 0 fully saturated rings. The zero-order valence-corrected chi connectivity index (χ0v) is 15.6. The van der Waals surface area contributed by atoms with E-state index in [1.807, 2.05) is 18.2 Å². The second-order valence-electron chi connectivity index (χ2n) is 6.60. The average molecular weight is 389 g/mol. The maximum Gasteiger partial charge on any atom is 0.408 e. The highest BCUT2D eigenvalue weighted by atomic mass is 32.2. The van der Waals surface area contributed by atoms with Crippen molar-refractivity contribution in [1.82, 2.24) is 5.32 Å². The van der Waals surface area contributed by atoms with Crippen molar-refractivity contribution in [2.24, 2.45) is 5.92 Å². The molecule has 0 aromatic heterocycles. The summed E-state index contributed by atoms with van der Waals surface area (Å²) in [6, 6.07) is 9.57. The van der Waals surface area contributed by atoms with Crippen molar-refractivity contribution >= 4 is 38.7 Å². The standard InChI is InChI=1S/C19H19NO6S/c1-11(2)16(18(21)22)20-19(23)26-10-14-9-13-8-7-12-5-3-4-6-15(12)17(13)27(14,24)25/h3-9,11,16H,10H2,1-2H3,(H,20,23)(H,21,22)/t16-/m0/s1. The van der Waals surface area contributed by atoms with Crippen molar-refractivity contribution in [2.45, 2.75) is 24.8 Å². The highest BCUT2D eigenvalue weighted by Gasteiger charge is 2.32. The lowest BCUT2D eigenvalue weighted by Crippen LogP contribution is -2.44. The molecule has 0 spiro atoms. The number of rotatable bonds is 5. The Hall–Kier alpha value is -2.87. The Morgan fingerprint density at radius 3 is 2.52 bits per heavy atom. The van der Waals surface area contributed by atoms with Crippen molar-refractivity contribution in [3.05, 3.63) is 46.9 Å². The van der Waals surface area contributed by atoms with E-state index in [9.17, 15) is 18.0 Å². The van der Waals surface area contributed by atoms with Crippen LogP contribution in [0.2, 0.25) is 0 Å². The highest BCUT2D eigenvalue weighted by molar-refractivity contribution is 7.96. The fraction of sp³-hybridized carbons (Fsp3) is 0.263. The molecule has 0 saturated carbocycles. The molecule has 0 aliphatic carbocycles. The zero-order valence-electron chi connectivity index (χ0n) is 14.8. The van der Waals surface area contributed by atoms with Crippen LogP contribution >= 0.6 is 0 Å². The van der Waals surface area contributed by atoms with Gasteiger partial charge in [0.2, 0.25) is 9.84 Å². The van der Waals surface area contributed by atoms with Crippen LogP contribution in [0.15, 0.2) is 46.2 Å². The Morgan fingerprint density at radius 2 is 1.85 bits per heavy atom. The lowest BCUT2D eigenvalue weighted by atomic mass is 10.1. The molecular weight excluding hydrogens is 370 g/mol. The summed E-state index contributed by atoms with van der Waals surface area (Å²) in [5, 5.41) is 12.7. The minimum Gasteiger partial charge on any atom is -0.480 e. The van der Waals surface area contributed by atoms with E-state index in [0.29, 0.717) is 10.9 Å². The molecule has 1 atom stereocenters. The van der Waals surface area contributed by atoms with Gasteiger partial charge in [-0.15, -0.1) is 0 Å². The number of hydrogen-bond donors (Lipinski definition) is 2. The molecule has 27 heavy (non-hydrogen) atoms. The predicted octanol–water partition coefficient (Wildman–Crippen LogP) is 2.80. The van der Waals surface area contributed by atoms with Gasteiger partial charge < -0.3 is 15.2 Å². The first-order valence-corrected chi connectivity index (χ1v) is 9.83. The lowest BCUT2D eigenvalue weighted by Gasteiger charge is -2.17. The van der Waals surface area contributed by atoms with Crippen molar-refractivity contribution < 1.29 is 27.9 Å². The molecule has 1 heterocycles. The molecule has 1 aliphatic heterocycles. The minimum absolute atomic E-state index is 0.0413. The monoisotopic (exact) mass is 389 g/mol. The van der Waals surface area contributed by atoms with E-state index in [0.717, 1.165) is 5.39 Å². The first kappa shape index (κ1) is 18.9. The summed E-state index contributed by atoms with van der Waals surface area (Å²) in [4.78, 5) is 23.2. The largest absolute Gasteiger partial charge is 0.480 e. The second-order valence-corrected chi connectivity index (χ2v) is 8.54. The quantitative estimate of drug-likeness (QED) is 0.814. The van der Waals surface area contributed by atoms with Gasteiger partial charge in [0, 0.05) is 5.39 Å². The number of sulfone groups is 1. The first-order valence-electron chi connectivity index (χ1n) is 8.35. The van der Waals surface area contributed by atoms with Crippen LogP contribution in [0, 0.1) is 5.92 Å². The fourth-order valence-corrected chi connectivity index (χ4v) is 4.66. The maximum atomic E-state index is 12.9. The Kier molecular flexibility index (Phi) is 4.93. The van der Waals surface area contributed by atoms with Gasteiger partial charge in [0.1, 0.15) is 12.6 Å². The number of nitrogens with one attached hydrogen (secondary N) is 1. The summed E-state index contributed by atoms with van der Waals surface area (Å²) >= 11 is 0. The highest BCUT2D eigenvalue weighted by Crippen LogP contribution is 2.38. The maximum absolute atomic E-state index is 12.9. The van der Waals surface area contributed by atoms with Crippen LogP contribution in [0.1, 0.15) is 19.4 Å². The number of hydrogen-bond acceptors (Lipinski definition) is 5. The molecule has 0 bridgehead atoms. The van der Waals surface area contributed by atoms with Gasteiger partial charge in [-0.3, -0.25) is 0 Å². The Morgan fingerprint density at radius 1 is 1.15 bits per heavy atom. The third-order valence-electron chi connectivity index (χ3n) is 4.39. The van der Waals surface area contributed by atoms with E-state index in [1.54, 1.807) is 32.0 Å². The topological polar surface area (TPSA) is 110 Å². The van der Waals surface area contributed by atoms with E-state index in [1.165, 1.54) is 6.08 Å². The van der Waals surface area contributed by atoms with E-state index >= 15 is 0 Å². The first-order chi connectivity index (χ1) is 12.7. The zero-order chi connectivity index (χ0) is 19.8. The number of alkyl carbamates (subject to hydrolysis) is 1. The molecule has 0 unspecified atom stereocenters. The predicted molar refractivity (Wildman–Crippen MR) is 99.9 cm³/mol. The molecule has 2 N–H and O–H groups in total. The summed E-state index contributed by atoms with van der Waals surface area (Å²) in [5.41, 5.74) is 0.540. The van der Waals surface area contributed by atoms with Crippen LogP contribution in [-0.4, -0.2) is 38.2 Å². The molecule has 2 aromatic rings. The third-order valence-corrected chi connectivity index (χ3v) is 6.31. The van der Waals surface area contributed by atoms with Gasteiger partial charge in [-0.25, -0.2) is 18.0 Å². The molecule has 8 heteroatoms. The summed E-state index contributed by atoms with van der Waals surface area (Å²) < 4.78 is 30.7. The van der Waals surface area contributed by atoms with Crippen molar-refractivity contribution in [3.8, 4) is 0 Å². The summed E-state index contributed by atoms with van der Waals surface area (Å²) in [7, 11) is -3.79. The molecule has 3 rings (SSSR count). The number of ether oxygens (including phenoxy) is 1. The number of fused-ring (bicyclic) bond motifs is 3. The van der Waals surface area contributed by atoms with Gasteiger partial charge >= 0.3 is 12.1 Å². The molecule has 0 radical (unpaired) electrons. The molecule has 1 aliphatic rings. The van der Waals surface area contributed by atoms with Gasteiger partial charge in [0.25, 0.3) is 0 Å². The molecule has 0 saturated heterocycles. The summed E-state index contributed by atoms with van der Waals surface area (Å²) in [6.45, 7) is 2.82. The number of carboxylic acid groups (broad SMARTS) is 1. The Bertz CT molecular complexity index is 1060. The van der Waals surface area contributed by atoms with Gasteiger partial charge in [0.15, 0.2) is 0 Å². The van der Waals surface area contributed by atoms with Gasteiger partial charge in [-0.2, -0.15) is 0 Å². The molecule has 1 amide bonds. The fourth-order valence-electron chi connectivity index (χ4n) is 2.99. The molecule has 142 valence electrons. The molecular formula is C19H19NO6S. The van der Waals surface area contributed by atoms with Crippen LogP contribution in [-0.2, 0) is 19.4 Å². The van der Waals surface area contributed by atoms with Crippen molar-refractivity contribution in [2.75, 3.05) is 6.61 Å². The van der Waals surface area contributed by atoms with Crippen LogP contribution in [0.25, 0.3) is 16.8 Å². The Balaban J connectivity index is 1.78. The number of carbonyl (C=O) groups excluding carboxylic acids is 1. The van der Waals surface area contributed by atoms with Gasteiger partial charge in [-0.05, 0) is 22.9 Å². The summed E-state index contributed by atoms with van der Waals surface area (Å²) in [5.74, 6) is -1.53. The van der Waals surface area contributed by atoms with E-state index in [2.05, 4.69) is 5.32 Å². The average Bonchev–Trinajstić information content (AvgIpc) is 2.88. The number of carbonyl (C=O) groups is 2. The lowest BCUT2D eigenvalue weighted by molar-refractivity contribution is -0.140. The molecule has 2 aromatic carbocycles. The Labute approximate surface area is 156 Å². The second kappa shape index (κ2) is 7.03. The van der Waals surface area contributed by atoms with Crippen molar-refractivity contribution in [1.29, 1.82) is 0 Å². The van der Waals surface area contributed by atoms with E-state index in [4.69, 9.17) is 9.84 Å².